The molecule has 0 atom stereocenters. The van der Waals surface area contributed by atoms with Crippen molar-refractivity contribution in [3.8, 4) is 0 Å². The van der Waals surface area contributed by atoms with E-state index in [2.05, 4.69) is 25.8 Å². The van der Waals surface area contributed by atoms with E-state index >= 15 is 0 Å². The van der Waals surface area contributed by atoms with Crippen molar-refractivity contribution in [2.45, 2.75) is 20.8 Å². The van der Waals surface area contributed by atoms with Crippen LogP contribution >= 0.6 is 23.2 Å². The lowest BCUT2D eigenvalue weighted by atomic mass is 9.96. The molecular formula is C11H17Cl2N3. The smallest absolute Gasteiger partial charge is 0.149 e. The van der Waals surface area contributed by atoms with Crippen molar-refractivity contribution < 1.29 is 0 Å². The lowest BCUT2D eigenvalue weighted by Gasteiger charge is -2.28. The second-order valence-electron chi connectivity index (χ2n) is 5.08. The minimum Gasteiger partial charge on any atom is -0.382 e. The molecule has 0 unspecified atom stereocenters. The van der Waals surface area contributed by atoms with E-state index in [0.717, 1.165) is 6.54 Å². The zero-order chi connectivity index (χ0) is 12.5. The van der Waals surface area contributed by atoms with E-state index in [9.17, 15) is 0 Å². The molecule has 1 aromatic heterocycles. The molecule has 1 aromatic rings. The lowest BCUT2D eigenvalue weighted by Crippen LogP contribution is -2.30. The first kappa shape index (κ1) is 13.4. The molecule has 5 heteroatoms. The molecule has 0 amide bonds. The minimum atomic E-state index is 0.161. The SMILES string of the molecule is CN(CC(C)(C)C)c1nc(N)c(Cl)cc1Cl. The van der Waals surface area contributed by atoms with Gasteiger partial charge in [-0.15, -0.1) is 0 Å². The topological polar surface area (TPSA) is 42.2 Å². The summed E-state index contributed by atoms with van der Waals surface area (Å²) in [6.45, 7) is 7.28. The zero-order valence-electron chi connectivity index (χ0n) is 10.0. The Labute approximate surface area is 107 Å². The number of hydrogen-bond acceptors (Lipinski definition) is 3. The second kappa shape index (κ2) is 4.68. The maximum Gasteiger partial charge on any atom is 0.149 e. The zero-order valence-corrected chi connectivity index (χ0v) is 11.5. The van der Waals surface area contributed by atoms with Crippen molar-refractivity contribution in [2.24, 2.45) is 5.41 Å². The predicted molar refractivity (Wildman–Crippen MR) is 71.4 cm³/mol. The quantitative estimate of drug-likeness (QED) is 0.887. The summed E-state index contributed by atoms with van der Waals surface area (Å²) in [6, 6.07) is 1.62. The van der Waals surface area contributed by atoms with Crippen LogP contribution in [-0.2, 0) is 0 Å². The van der Waals surface area contributed by atoms with Gasteiger partial charge in [-0.25, -0.2) is 4.98 Å². The third kappa shape index (κ3) is 3.42. The van der Waals surface area contributed by atoms with Gasteiger partial charge in [0, 0.05) is 13.6 Å². The van der Waals surface area contributed by atoms with Gasteiger partial charge in [-0.1, -0.05) is 44.0 Å². The van der Waals surface area contributed by atoms with Crippen LogP contribution in [-0.4, -0.2) is 18.6 Å². The third-order valence-electron chi connectivity index (χ3n) is 2.01. The molecule has 0 aliphatic carbocycles. The van der Waals surface area contributed by atoms with Crippen LogP contribution in [0.25, 0.3) is 0 Å². The Morgan fingerprint density at radius 2 is 1.88 bits per heavy atom. The maximum absolute atomic E-state index is 6.08. The summed E-state index contributed by atoms with van der Waals surface area (Å²) in [4.78, 5) is 6.18. The molecule has 0 spiro atoms. The Morgan fingerprint density at radius 3 is 2.38 bits per heavy atom. The molecular weight excluding hydrogens is 245 g/mol. The highest BCUT2D eigenvalue weighted by molar-refractivity contribution is 6.37. The number of hydrogen-bond donors (Lipinski definition) is 1. The Kier molecular flexibility index (Phi) is 3.92. The van der Waals surface area contributed by atoms with Gasteiger partial charge in [0.15, 0.2) is 0 Å². The van der Waals surface area contributed by atoms with Gasteiger partial charge in [-0.3, -0.25) is 0 Å². The van der Waals surface area contributed by atoms with Gasteiger partial charge in [-0.05, 0) is 11.5 Å². The van der Waals surface area contributed by atoms with Crippen LogP contribution in [0.5, 0.6) is 0 Å². The molecule has 0 aromatic carbocycles. The molecule has 16 heavy (non-hydrogen) atoms. The number of nitrogens with zero attached hydrogens (tertiary/aromatic N) is 2. The monoisotopic (exact) mass is 261 g/mol. The summed E-state index contributed by atoms with van der Waals surface area (Å²) in [5.74, 6) is 0.973. The van der Waals surface area contributed by atoms with Crippen molar-refractivity contribution in [1.82, 2.24) is 4.98 Å². The van der Waals surface area contributed by atoms with Gasteiger partial charge < -0.3 is 10.6 Å². The van der Waals surface area contributed by atoms with Crippen LogP contribution in [0.2, 0.25) is 10.0 Å². The normalized spacial score (nSPS) is 11.6. The molecule has 2 N–H and O–H groups in total. The number of aromatic nitrogens is 1. The average molecular weight is 262 g/mol. The highest BCUT2D eigenvalue weighted by Crippen LogP contribution is 2.30. The Bertz CT molecular complexity index is 386. The maximum atomic E-state index is 6.08. The van der Waals surface area contributed by atoms with Crippen molar-refractivity contribution in [2.75, 3.05) is 24.2 Å². The van der Waals surface area contributed by atoms with Gasteiger partial charge in [0.05, 0.1) is 10.0 Å². The number of rotatable bonds is 2. The number of halogens is 2. The van der Waals surface area contributed by atoms with Crippen molar-refractivity contribution >= 4 is 34.8 Å². The Morgan fingerprint density at radius 1 is 1.31 bits per heavy atom. The summed E-state index contributed by atoms with van der Waals surface area (Å²) in [5, 5.41) is 0.906. The molecule has 0 saturated carbocycles. The van der Waals surface area contributed by atoms with Crippen molar-refractivity contribution in [3.05, 3.63) is 16.1 Å². The average Bonchev–Trinajstić information content (AvgIpc) is 2.08. The van der Waals surface area contributed by atoms with Crippen LogP contribution in [0.3, 0.4) is 0 Å². The number of nitrogens with two attached hydrogens (primary N) is 1. The second-order valence-corrected chi connectivity index (χ2v) is 5.89. The Balaban J connectivity index is 3.00. The minimum absolute atomic E-state index is 0.161. The van der Waals surface area contributed by atoms with Crippen molar-refractivity contribution in [1.29, 1.82) is 0 Å². The highest BCUT2D eigenvalue weighted by Gasteiger charge is 2.17. The summed E-state index contributed by atoms with van der Waals surface area (Å²) in [6.07, 6.45) is 0. The molecule has 1 heterocycles. The molecule has 0 radical (unpaired) electrons. The van der Waals surface area contributed by atoms with Crippen LogP contribution in [0.15, 0.2) is 6.07 Å². The van der Waals surface area contributed by atoms with Gasteiger partial charge in [0.2, 0.25) is 0 Å². The number of pyridine rings is 1. The van der Waals surface area contributed by atoms with E-state index in [4.69, 9.17) is 28.9 Å². The van der Waals surface area contributed by atoms with E-state index in [-0.39, 0.29) is 5.41 Å². The standard InChI is InChI=1S/C11H17Cl2N3/c1-11(2,3)6-16(4)10-8(13)5-7(12)9(14)15-10/h5H,6H2,1-4H3,(H2,14,15). The summed E-state index contributed by atoms with van der Waals surface area (Å²) >= 11 is 11.9. The fraction of sp³-hybridized carbons (Fsp3) is 0.545. The van der Waals surface area contributed by atoms with Crippen molar-refractivity contribution in [3.63, 3.8) is 0 Å². The predicted octanol–water partition coefficient (Wildman–Crippen LogP) is 3.45. The summed E-state index contributed by atoms with van der Waals surface area (Å²) < 4.78 is 0. The molecule has 3 nitrogen and oxygen atoms in total. The first-order valence-corrected chi connectivity index (χ1v) is 5.79. The molecule has 0 aliphatic rings. The van der Waals surface area contributed by atoms with E-state index in [0.29, 0.717) is 21.7 Å². The van der Waals surface area contributed by atoms with E-state index in [1.807, 2.05) is 11.9 Å². The van der Waals surface area contributed by atoms with Crippen LogP contribution in [0.1, 0.15) is 20.8 Å². The molecule has 90 valence electrons. The molecule has 0 aliphatic heterocycles. The van der Waals surface area contributed by atoms with Gasteiger partial charge in [0.1, 0.15) is 11.6 Å². The lowest BCUT2D eigenvalue weighted by molar-refractivity contribution is 0.418. The molecule has 0 saturated heterocycles. The Hall–Kier alpha value is -0.670. The van der Waals surface area contributed by atoms with Gasteiger partial charge in [-0.2, -0.15) is 0 Å². The largest absolute Gasteiger partial charge is 0.382 e. The van der Waals surface area contributed by atoms with Gasteiger partial charge in [0.25, 0.3) is 0 Å². The van der Waals surface area contributed by atoms with E-state index in [1.165, 1.54) is 0 Å². The fourth-order valence-corrected chi connectivity index (χ4v) is 2.03. The van der Waals surface area contributed by atoms with E-state index in [1.54, 1.807) is 6.07 Å². The molecule has 0 fully saturated rings. The number of anilines is 2. The highest BCUT2D eigenvalue weighted by atomic mass is 35.5. The summed E-state index contributed by atoms with van der Waals surface area (Å²) in [7, 11) is 1.94. The third-order valence-corrected chi connectivity index (χ3v) is 2.59. The van der Waals surface area contributed by atoms with Crippen LogP contribution in [0.4, 0.5) is 11.6 Å². The molecule has 1 rings (SSSR count). The van der Waals surface area contributed by atoms with Gasteiger partial charge >= 0.3 is 0 Å². The van der Waals surface area contributed by atoms with E-state index < -0.39 is 0 Å². The summed E-state index contributed by atoms with van der Waals surface area (Å²) in [5.41, 5.74) is 5.82. The first-order chi connectivity index (χ1) is 7.20. The fourth-order valence-electron chi connectivity index (χ4n) is 1.52. The van der Waals surface area contributed by atoms with Crippen LogP contribution in [0, 0.1) is 5.41 Å². The van der Waals surface area contributed by atoms with Crippen LogP contribution < -0.4 is 10.6 Å². The molecule has 0 bridgehead atoms. The first-order valence-electron chi connectivity index (χ1n) is 5.03. The number of nitrogen functional groups attached to an aromatic ring is 1.